The molecule has 1 aliphatic heterocycles. The number of hydrogen-bond acceptors (Lipinski definition) is 3. The molecule has 2 N–H and O–H groups in total. The van der Waals surface area contributed by atoms with Gasteiger partial charge in [0, 0.05) is 35.8 Å². The average Bonchev–Trinajstić information content (AvgIpc) is 3.22. The van der Waals surface area contributed by atoms with Gasteiger partial charge in [-0.2, -0.15) is 0 Å². The minimum absolute atomic E-state index is 0.0412. The first kappa shape index (κ1) is 16.2. The second kappa shape index (κ2) is 6.54. The highest BCUT2D eigenvalue weighted by Gasteiger charge is 2.32. The fourth-order valence-electron chi connectivity index (χ4n) is 3.20. The Labute approximate surface area is 148 Å². The molecule has 128 valence electrons. The summed E-state index contributed by atoms with van der Waals surface area (Å²) < 4.78 is 15.3. The Kier molecular flexibility index (Phi) is 4.23. The van der Waals surface area contributed by atoms with Crippen molar-refractivity contribution >= 4 is 28.6 Å². The molecule has 0 radical (unpaired) electrons. The summed E-state index contributed by atoms with van der Waals surface area (Å²) in [6, 6.07) is 14.6. The number of thioether (sulfide) groups is 1. The van der Waals surface area contributed by atoms with Crippen molar-refractivity contribution < 1.29 is 14.3 Å². The quantitative estimate of drug-likeness (QED) is 0.750. The van der Waals surface area contributed by atoms with Crippen molar-refractivity contribution in [1.29, 1.82) is 0 Å². The highest BCUT2D eigenvalue weighted by Crippen LogP contribution is 2.39. The van der Waals surface area contributed by atoms with Gasteiger partial charge in [0.2, 0.25) is 0 Å². The predicted octanol–water partition coefficient (Wildman–Crippen LogP) is 3.62. The Morgan fingerprint density at radius 1 is 1.24 bits per heavy atom. The van der Waals surface area contributed by atoms with Crippen LogP contribution in [0, 0.1) is 5.82 Å². The van der Waals surface area contributed by atoms with E-state index < -0.39 is 11.2 Å². The van der Waals surface area contributed by atoms with E-state index in [1.54, 1.807) is 12.1 Å². The highest BCUT2D eigenvalue weighted by molar-refractivity contribution is 8.01. The molecule has 2 atom stereocenters. The molecule has 1 fully saturated rings. The molecule has 0 aliphatic carbocycles. The second-order valence-electron chi connectivity index (χ2n) is 6.11. The molecule has 2 aromatic carbocycles. The van der Waals surface area contributed by atoms with Crippen molar-refractivity contribution in [2.45, 2.75) is 17.2 Å². The molecular weight excluding hydrogens is 339 g/mol. The van der Waals surface area contributed by atoms with E-state index in [1.165, 1.54) is 23.9 Å². The van der Waals surface area contributed by atoms with Gasteiger partial charge in [0.05, 0.1) is 5.37 Å². The molecule has 4 rings (SSSR count). The zero-order valence-corrected chi connectivity index (χ0v) is 14.2. The van der Waals surface area contributed by atoms with Gasteiger partial charge >= 0.3 is 5.97 Å². The van der Waals surface area contributed by atoms with Gasteiger partial charge in [-0.3, -0.25) is 10.1 Å². The van der Waals surface area contributed by atoms with Crippen LogP contribution >= 0.6 is 11.8 Å². The molecule has 0 saturated carbocycles. The average molecular weight is 356 g/mol. The van der Waals surface area contributed by atoms with Crippen LogP contribution < -0.4 is 5.32 Å². The maximum Gasteiger partial charge on any atom is 0.318 e. The third kappa shape index (κ3) is 3.15. The molecule has 0 bridgehead atoms. The lowest BCUT2D eigenvalue weighted by Crippen LogP contribution is -2.21. The van der Waals surface area contributed by atoms with Crippen LogP contribution in [0.3, 0.4) is 0 Å². The molecule has 0 unspecified atom stereocenters. The normalized spacial score (nSPS) is 20.2. The fourth-order valence-corrected chi connectivity index (χ4v) is 4.37. The van der Waals surface area contributed by atoms with Gasteiger partial charge in [-0.25, -0.2) is 4.39 Å². The minimum Gasteiger partial charge on any atom is -0.480 e. The monoisotopic (exact) mass is 356 g/mol. The third-order valence-corrected chi connectivity index (χ3v) is 5.82. The van der Waals surface area contributed by atoms with Crippen LogP contribution in [0.25, 0.3) is 10.9 Å². The van der Waals surface area contributed by atoms with Crippen LogP contribution in [0.5, 0.6) is 0 Å². The Balaban J connectivity index is 1.69. The zero-order valence-electron chi connectivity index (χ0n) is 13.4. The van der Waals surface area contributed by atoms with E-state index in [9.17, 15) is 14.3 Å². The van der Waals surface area contributed by atoms with Crippen LogP contribution in [0.15, 0.2) is 54.7 Å². The standard InChI is InChI=1S/C19H17FN2O2S/c20-13-7-5-12(6-8-13)10-22-11-15(14-3-1-2-4-16(14)22)18-21-9-17(25-18)19(23)24/h1-8,11,17-18,21H,9-10H2,(H,23,24)/t17-,18-/m0/s1. The van der Waals surface area contributed by atoms with Gasteiger partial charge in [0.25, 0.3) is 0 Å². The second-order valence-corrected chi connectivity index (χ2v) is 7.42. The number of benzene rings is 2. The van der Waals surface area contributed by atoms with E-state index in [0.29, 0.717) is 13.1 Å². The summed E-state index contributed by atoms with van der Waals surface area (Å²) in [5.41, 5.74) is 3.19. The maximum absolute atomic E-state index is 13.1. The van der Waals surface area contributed by atoms with Crippen molar-refractivity contribution in [3.05, 3.63) is 71.7 Å². The van der Waals surface area contributed by atoms with Crippen molar-refractivity contribution in [3.8, 4) is 0 Å². The lowest BCUT2D eigenvalue weighted by molar-refractivity contribution is -0.136. The topological polar surface area (TPSA) is 54.3 Å². The van der Waals surface area contributed by atoms with E-state index in [0.717, 1.165) is 22.0 Å². The van der Waals surface area contributed by atoms with Gasteiger partial charge in [-0.1, -0.05) is 30.3 Å². The van der Waals surface area contributed by atoms with Crippen LogP contribution in [0.2, 0.25) is 0 Å². The first-order valence-electron chi connectivity index (χ1n) is 8.05. The molecule has 2 heterocycles. The van der Waals surface area contributed by atoms with Crippen LogP contribution in [0.4, 0.5) is 4.39 Å². The summed E-state index contributed by atoms with van der Waals surface area (Å²) in [6.45, 7) is 1.10. The summed E-state index contributed by atoms with van der Waals surface area (Å²) in [4.78, 5) is 11.2. The number of carboxylic acid groups (broad SMARTS) is 1. The van der Waals surface area contributed by atoms with E-state index in [1.807, 2.05) is 12.1 Å². The first-order chi connectivity index (χ1) is 12.1. The van der Waals surface area contributed by atoms with E-state index in [-0.39, 0.29) is 11.2 Å². The lowest BCUT2D eigenvalue weighted by Gasteiger charge is -2.08. The van der Waals surface area contributed by atoms with Crippen molar-refractivity contribution in [2.75, 3.05) is 6.54 Å². The third-order valence-electron chi connectivity index (χ3n) is 4.43. The SMILES string of the molecule is O=C(O)[C@@H]1CN[C@H](c2cn(Cc3ccc(F)cc3)c3ccccc23)S1. The smallest absolute Gasteiger partial charge is 0.318 e. The molecule has 1 aliphatic rings. The molecular formula is C19H17FN2O2S. The molecule has 6 heteroatoms. The Hall–Kier alpha value is -2.31. The van der Waals surface area contributed by atoms with Crippen molar-refractivity contribution in [2.24, 2.45) is 0 Å². The Bertz CT molecular complexity index is 923. The molecule has 25 heavy (non-hydrogen) atoms. The number of carbonyl (C=O) groups is 1. The molecule has 4 nitrogen and oxygen atoms in total. The van der Waals surface area contributed by atoms with Gasteiger partial charge in [-0.05, 0) is 23.8 Å². The number of aliphatic carboxylic acids is 1. The number of carboxylic acids is 1. The van der Waals surface area contributed by atoms with Gasteiger partial charge in [0.1, 0.15) is 11.1 Å². The number of fused-ring (bicyclic) bond motifs is 1. The number of rotatable bonds is 4. The number of halogens is 1. The lowest BCUT2D eigenvalue weighted by atomic mass is 10.1. The number of aromatic nitrogens is 1. The number of nitrogens with one attached hydrogen (secondary N) is 1. The molecule has 1 aromatic heterocycles. The Morgan fingerprint density at radius 2 is 2.00 bits per heavy atom. The summed E-state index contributed by atoms with van der Waals surface area (Å²) >= 11 is 1.43. The van der Waals surface area contributed by atoms with Crippen molar-refractivity contribution in [1.82, 2.24) is 9.88 Å². The maximum atomic E-state index is 13.1. The van der Waals surface area contributed by atoms with E-state index in [4.69, 9.17) is 0 Å². The Morgan fingerprint density at radius 3 is 2.72 bits per heavy atom. The van der Waals surface area contributed by atoms with E-state index in [2.05, 4.69) is 28.2 Å². The summed E-state index contributed by atoms with van der Waals surface area (Å²) in [5.74, 6) is -1.02. The number of hydrogen-bond donors (Lipinski definition) is 2. The van der Waals surface area contributed by atoms with Gasteiger partial charge < -0.3 is 9.67 Å². The summed E-state index contributed by atoms with van der Waals surface area (Å²) in [7, 11) is 0. The van der Waals surface area contributed by atoms with Crippen LogP contribution in [-0.4, -0.2) is 27.4 Å². The summed E-state index contributed by atoms with van der Waals surface area (Å²) in [6.07, 6.45) is 2.07. The van der Waals surface area contributed by atoms with Gasteiger partial charge in [-0.15, -0.1) is 11.8 Å². The highest BCUT2D eigenvalue weighted by atomic mass is 32.2. The zero-order chi connectivity index (χ0) is 17.4. The molecule has 0 amide bonds. The van der Waals surface area contributed by atoms with E-state index >= 15 is 0 Å². The molecule has 3 aromatic rings. The van der Waals surface area contributed by atoms with Crippen molar-refractivity contribution in [3.63, 3.8) is 0 Å². The fraction of sp³-hybridized carbons (Fsp3) is 0.211. The molecule has 0 spiro atoms. The van der Waals surface area contributed by atoms with Crippen LogP contribution in [-0.2, 0) is 11.3 Å². The molecule has 1 saturated heterocycles. The van der Waals surface area contributed by atoms with Gasteiger partial charge in [0.15, 0.2) is 0 Å². The van der Waals surface area contributed by atoms with Crippen LogP contribution in [0.1, 0.15) is 16.5 Å². The first-order valence-corrected chi connectivity index (χ1v) is 9.00. The largest absolute Gasteiger partial charge is 0.480 e. The number of nitrogens with zero attached hydrogens (tertiary/aromatic N) is 1. The summed E-state index contributed by atoms with van der Waals surface area (Å²) in [5, 5.41) is 13.2. The minimum atomic E-state index is -0.782. The predicted molar refractivity (Wildman–Crippen MR) is 97.2 cm³/mol. The number of para-hydroxylation sites is 1.